The molecular formula is C22H22ClN5OS. The molecule has 0 amide bonds. The Hall–Kier alpha value is -2.61. The number of aromatic nitrogens is 3. The van der Waals surface area contributed by atoms with Gasteiger partial charge in [0.1, 0.15) is 5.82 Å². The van der Waals surface area contributed by atoms with Crippen molar-refractivity contribution >= 4 is 33.6 Å². The van der Waals surface area contributed by atoms with Gasteiger partial charge in [0.25, 0.3) is 0 Å². The molecule has 2 aromatic carbocycles. The fraction of sp³-hybridized carbons (Fsp3) is 0.273. The van der Waals surface area contributed by atoms with Crippen molar-refractivity contribution in [1.82, 2.24) is 19.5 Å². The number of hydrogen-bond donors (Lipinski definition) is 1. The van der Waals surface area contributed by atoms with Gasteiger partial charge in [-0.15, -0.1) is 5.10 Å². The lowest BCUT2D eigenvalue weighted by Crippen LogP contribution is -2.47. The second kappa shape index (κ2) is 7.91. The number of aryl methyl sites for hydroxylation is 1. The molecule has 1 saturated heterocycles. The third-order valence-electron chi connectivity index (χ3n) is 5.52. The van der Waals surface area contributed by atoms with Crippen LogP contribution < -0.4 is 4.90 Å². The minimum absolute atomic E-state index is 0.0403. The van der Waals surface area contributed by atoms with Crippen LogP contribution in [0.15, 0.2) is 54.6 Å². The highest BCUT2D eigenvalue weighted by Crippen LogP contribution is 2.40. The first kappa shape index (κ1) is 19.4. The molecule has 1 aliphatic heterocycles. The summed E-state index contributed by atoms with van der Waals surface area (Å²) in [7, 11) is 0. The summed E-state index contributed by atoms with van der Waals surface area (Å²) >= 11 is 7.69. The first-order chi connectivity index (χ1) is 14.6. The van der Waals surface area contributed by atoms with Crippen LogP contribution in [0.5, 0.6) is 5.88 Å². The Morgan fingerprint density at radius 2 is 1.80 bits per heavy atom. The number of aromatic hydroxyl groups is 1. The van der Waals surface area contributed by atoms with Crippen LogP contribution in [-0.4, -0.2) is 50.8 Å². The number of benzene rings is 2. The molecule has 30 heavy (non-hydrogen) atoms. The lowest BCUT2D eigenvalue weighted by molar-refractivity contribution is 0.211. The number of fused-ring (bicyclic) bond motifs is 1. The van der Waals surface area contributed by atoms with E-state index < -0.39 is 0 Å². The summed E-state index contributed by atoms with van der Waals surface area (Å²) < 4.78 is 1.55. The van der Waals surface area contributed by atoms with E-state index in [0.29, 0.717) is 5.82 Å². The number of rotatable bonds is 4. The molecule has 6 nitrogen and oxygen atoms in total. The minimum Gasteiger partial charge on any atom is -0.492 e. The predicted molar refractivity (Wildman–Crippen MR) is 121 cm³/mol. The van der Waals surface area contributed by atoms with Crippen LogP contribution >= 0.6 is 22.9 Å². The number of hydrogen-bond acceptors (Lipinski definition) is 6. The van der Waals surface area contributed by atoms with Crippen LogP contribution in [0.4, 0.5) is 5.69 Å². The van der Waals surface area contributed by atoms with Crippen molar-refractivity contribution in [2.75, 3.05) is 31.1 Å². The lowest BCUT2D eigenvalue weighted by Gasteiger charge is -2.40. The number of nitrogens with zero attached hydrogens (tertiary/aromatic N) is 5. The molecule has 1 fully saturated rings. The van der Waals surface area contributed by atoms with Gasteiger partial charge in [-0.1, -0.05) is 59.3 Å². The maximum Gasteiger partial charge on any atom is 0.230 e. The van der Waals surface area contributed by atoms with Gasteiger partial charge < -0.3 is 10.0 Å². The average Bonchev–Trinajstić information content (AvgIpc) is 3.27. The van der Waals surface area contributed by atoms with Crippen molar-refractivity contribution < 1.29 is 5.11 Å². The van der Waals surface area contributed by atoms with E-state index >= 15 is 0 Å². The summed E-state index contributed by atoms with van der Waals surface area (Å²) in [4.78, 5) is 10.8. The van der Waals surface area contributed by atoms with Crippen LogP contribution in [0.2, 0.25) is 5.02 Å². The average molecular weight is 440 g/mol. The van der Waals surface area contributed by atoms with Gasteiger partial charge >= 0.3 is 0 Å². The molecule has 1 N–H and O–H groups in total. The zero-order valence-electron chi connectivity index (χ0n) is 16.6. The van der Waals surface area contributed by atoms with Gasteiger partial charge in [-0.25, -0.2) is 4.98 Å². The standard InChI is InChI=1S/C22H22ClN5OS/c1-15-24-22-28(25-15)21(29)20(30-22)19(16-6-3-2-4-7-16)27-12-10-26(11-13-27)18-9-5-8-17(23)14-18/h2-9,14,19,29H,10-13H2,1H3/t19-/m1/s1. The highest BCUT2D eigenvalue weighted by Gasteiger charge is 2.31. The number of anilines is 1. The lowest BCUT2D eigenvalue weighted by atomic mass is 10.0. The van der Waals surface area contributed by atoms with Crippen molar-refractivity contribution in [3.05, 3.63) is 75.9 Å². The van der Waals surface area contributed by atoms with Gasteiger partial charge in [-0.3, -0.25) is 4.90 Å². The summed E-state index contributed by atoms with van der Waals surface area (Å²) in [6, 6.07) is 18.3. The first-order valence-electron chi connectivity index (χ1n) is 9.94. The van der Waals surface area contributed by atoms with Crippen molar-refractivity contribution in [3.8, 4) is 5.88 Å². The molecule has 0 unspecified atom stereocenters. The molecule has 0 aliphatic carbocycles. The Bertz CT molecular complexity index is 1170. The van der Waals surface area contributed by atoms with Crippen molar-refractivity contribution in [3.63, 3.8) is 0 Å². The van der Waals surface area contributed by atoms with E-state index in [0.717, 1.165) is 52.3 Å². The Morgan fingerprint density at radius 1 is 1.03 bits per heavy atom. The largest absolute Gasteiger partial charge is 0.492 e. The second-order valence-electron chi connectivity index (χ2n) is 7.46. The predicted octanol–water partition coefficient (Wildman–Crippen LogP) is 4.37. The summed E-state index contributed by atoms with van der Waals surface area (Å²) in [5.41, 5.74) is 2.31. The molecule has 1 atom stereocenters. The molecule has 0 bridgehead atoms. The Balaban J connectivity index is 1.46. The van der Waals surface area contributed by atoms with Gasteiger partial charge in [0, 0.05) is 36.9 Å². The van der Waals surface area contributed by atoms with Crippen molar-refractivity contribution in [2.45, 2.75) is 13.0 Å². The van der Waals surface area contributed by atoms with E-state index in [-0.39, 0.29) is 11.9 Å². The molecule has 0 radical (unpaired) electrons. The highest BCUT2D eigenvalue weighted by atomic mass is 35.5. The first-order valence-corrected chi connectivity index (χ1v) is 11.1. The van der Waals surface area contributed by atoms with Gasteiger partial charge in [-0.2, -0.15) is 4.52 Å². The Kier molecular flexibility index (Phi) is 5.10. The Morgan fingerprint density at radius 3 is 2.50 bits per heavy atom. The van der Waals surface area contributed by atoms with E-state index in [1.165, 1.54) is 11.3 Å². The molecule has 8 heteroatoms. The minimum atomic E-state index is -0.0403. The maximum atomic E-state index is 10.9. The number of halogens is 1. The molecule has 0 spiro atoms. The van der Waals surface area contributed by atoms with E-state index in [1.807, 2.05) is 43.3 Å². The van der Waals surface area contributed by atoms with Gasteiger partial charge in [0.2, 0.25) is 10.8 Å². The molecular weight excluding hydrogens is 418 g/mol. The fourth-order valence-corrected chi connectivity index (χ4v) is 5.45. The number of piperazine rings is 1. The van der Waals surface area contributed by atoms with Gasteiger partial charge in [0.15, 0.2) is 0 Å². The highest BCUT2D eigenvalue weighted by molar-refractivity contribution is 7.17. The smallest absolute Gasteiger partial charge is 0.230 e. The molecule has 5 rings (SSSR count). The van der Waals surface area contributed by atoms with Crippen molar-refractivity contribution in [1.29, 1.82) is 0 Å². The molecule has 154 valence electrons. The van der Waals surface area contributed by atoms with E-state index in [4.69, 9.17) is 11.6 Å². The topological polar surface area (TPSA) is 56.9 Å². The molecule has 3 heterocycles. The molecule has 0 saturated carbocycles. The zero-order chi connectivity index (χ0) is 20.7. The van der Waals surface area contributed by atoms with Crippen LogP contribution in [-0.2, 0) is 0 Å². The third-order valence-corrected chi connectivity index (χ3v) is 6.83. The zero-order valence-corrected chi connectivity index (χ0v) is 18.1. The van der Waals surface area contributed by atoms with Crippen LogP contribution in [0.3, 0.4) is 0 Å². The number of thiazole rings is 1. The summed E-state index contributed by atoms with van der Waals surface area (Å²) in [6.07, 6.45) is 0. The summed E-state index contributed by atoms with van der Waals surface area (Å²) in [5, 5.41) is 16.0. The van der Waals surface area contributed by atoms with Gasteiger partial charge in [0.05, 0.1) is 10.9 Å². The molecule has 1 aliphatic rings. The third kappa shape index (κ3) is 3.53. The van der Waals surface area contributed by atoms with E-state index in [1.54, 1.807) is 4.52 Å². The van der Waals surface area contributed by atoms with Crippen molar-refractivity contribution in [2.24, 2.45) is 0 Å². The maximum absolute atomic E-state index is 10.9. The summed E-state index contributed by atoms with van der Waals surface area (Å²) in [5.74, 6) is 0.844. The molecule has 4 aromatic rings. The monoisotopic (exact) mass is 439 g/mol. The normalized spacial score (nSPS) is 16.3. The second-order valence-corrected chi connectivity index (χ2v) is 8.90. The molecule has 2 aromatic heterocycles. The van der Waals surface area contributed by atoms with E-state index in [9.17, 15) is 5.11 Å². The fourth-order valence-electron chi connectivity index (χ4n) is 4.10. The quantitative estimate of drug-likeness (QED) is 0.511. The summed E-state index contributed by atoms with van der Waals surface area (Å²) in [6.45, 7) is 5.37. The van der Waals surface area contributed by atoms with E-state index in [2.05, 4.69) is 38.1 Å². The van der Waals surface area contributed by atoms with Crippen LogP contribution in [0, 0.1) is 6.92 Å². The Labute approximate surface area is 184 Å². The van der Waals surface area contributed by atoms with Crippen LogP contribution in [0.1, 0.15) is 22.3 Å². The SMILES string of the molecule is Cc1nc2sc([C@@H](c3ccccc3)N3CCN(c4cccc(Cl)c4)CC3)c(O)n2n1. The van der Waals surface area contributed by atoms with Crippen LogP contribution in [0.25, 0.3) is 4.96 Å². The van der Waals surface area contributed by atoms with Gasteiger partial charge in [-0.05, 0) is 30.7 Å².